The summed E-state index contributed by atoms with van der Waals surface area (Å²) in [6.45, 7) is 0. The maximum atomic E-state index is 13.4. The van der Waals surface area contributed by atoms with Crippen molar-refractivity contribution in [1.29, 1.82) is 0 Å². The van der Waals surface area contributed by atoms with Gasteiger partial charge in [-0.15, -0.1) is 0 Å². The van der Waals surface area contributed by atoms with E-state index in [9.17, 15) is 19.3 Å². The number of rotatable bonds is 3. The summed E-state index contributed by atoms with van der Waals surface area (Å²) in [4.78, 5) is 19.9. The van der Waals surface area contributed by atoms with E-state index in [1.807, 2.05) is 0 Å². The number of halogens is 2. The van der Waals surface area contributed by atoms with Gasteiger partial charge < -0.3 is 10.2 Å². The second kappa shape index (κ2) is 4.54. The van der Waals surface area contributed by atoms with Crippen LogP contribution in [0.25, 0.3) is 0 Å². The first kappa shape index (κ1) is 12.5. The molecule has 0 aliphatic carbocycles. The Morgan fingerprint density at radius 1 is 1.56 bits per heavy atom. The fourth-order valence-electron chi connectivity index (χ4n) is 1.06. The molecule has 0 fully saturated rings. The molecule has 0 saturated heterocycles. The van der Waals surface area contributed by atoms with Crippen molar-refractivity contribution in [2.45, 2.75) is 6.10 Å². The minimum absolute atomic E-state index is 0.107. The van der Waals surface area contributed by atoms with Gasteiger partial charge in [0.25, 0.3) is 0 Å². The first-order valence-corrected chi connectivity index (χ1v) is 4.68. The second-order valence-electron chi connectivity index (χ2n) is 2.83. The third-order valence-corrected chi connectivity index (χ3v) is 2.23. The molecule has 86 valence electrons. The molecule has 0 radical (unpaired) electrons. The van der Waals surface area contributed by atoms with Gasteiger partial charge in [-0.1, -0.05) is 15.9 Å². The lowest BCUT2D eigenvalue weighted by Crippen LogP contribution is -2.13. The predicted molar refractivity (Wildman–Crippen MR) is 53.4 cm³/mol. The molecule has 0 aliphatic heterocycles. The van der Waals surface area contributed by atoms with Crippen LogP contribution >= 0.6 is 15.9 Å². The molecule has 0 saturated carbocycles. The molecule has 1 aromatic carbocycles. The fraction of sp³-hybridized carbons (Fsp3) is 0.125. The van der Waals surface area contributed by atoms with Crippen molar-refractivity contribution in [3.63, 3.8) is 0 Å². The molecule has 0 spiro atoms. The van der Waals surface area contributed by atoms with Crippen LogP contribution in [-0.2, 0) is 4.79 Å². The van der Waals surface area contributed by atoms with Gasteiger partial charge in [-0.05, 0) is 6.07 Å². The molecular formula is C8H5BrFNO5. The normalized spacial score (nSPS) is 12.2. The zero-order valence-corrected chi connectivity index (χ0v) is 9.14. The third kappa shape index (κ3) is 2.34. The number of aliphatic hydroxyl groups is 1. The number of benzene rings is 1. The summed E-state index contributed by atoms with van der Waals surface area (Å²) in [5.41, 5.74) is -1.56. The van der Waals surface area contributed by atoms with Crippen LogP contribution in [0.5, 0.6) is 0 Å². The number of hydrogen-bond acceptors (Lipinski definition) is 4. The van der Waals surface area contributed by atoms with Gasteiger partial charge in [0.1, 0.15) is 0 Å². The van der Waals surface area contributed by atoms with Gasteiger partial charge in [0.2, 0.25) is 5.82 Å². The number of hydrogen-bond donors (Lipinski definition) is 2. The summed E-state index contributed by atoms with van der Waals surface area (Å²) in [7, 11) is 0. The molecule has 1 aromatic rings. The number of aliphatic hydroxyl groups excluding tert-OH is 1. The third-order valence-electron chi connectivity index (χ3n) is 1.77. The Balaban J connectivity index is 3.40. The number of carbonyl (C=O) groups is 1. The molecule has 8 heteroatoms. The monoisotopic (exact) mass is 293 g/mol. The highest BCUT2D eigenvalue weighted by Crippen LogP contribution is 2.29. The van der Waals surface area contributed by atoms with Crippen molar-refractivity contribution in [2.75, 3.05) is 0 Å². The summed E-state index contributed by atoms with van der Waals surface area (Å²) in [6, 6.07) is 1.86. The molecule has 0 aromatic heterocycles. The molecule has 0 amide bonds. The Kier molecular flexibility index (Phi) is 3.55. The van der Waals surface area contributed by atoms with E-state index in [1.165, 1.54) is 0 Å². The van der Waals surface area contributed by atoms with Crippen LogP contribution in [0.4, 0.5) is 10.1 Å². The maximum absolute atomic E-state index is 13.4. The summed E-state index contributed by atoms with van der Waals surface area (Å²) in [6.07, 6.45) is -2.14. The van der Waals surface area contributed by atoms with E-state index in [0.29, 0.717) is 0 Å². The van der Waals surface area contributed by atoms with Crippen molar-refractivity contribution in [3.05, 3.63) is 38.1 Å². The van der Waals surface area contributed by atoms with Crippen LogP contribution < -0.4 is 0 Å². The Morgan fingerprint density at radius 2 is 2.12 bits per heavy atom. The molecule has 1 atom stereocenters. The van der Waals surface area contributed by atoms with Gasteiger partial charge >= 0.3 is 11.7 Å². The lowest BCUT2D eigenvalue weighted by molar-refractivity contribution is -0.387. The minimum Gasteiger partial charge on any atom is -0.479 e. The van der Waals surface area contributed by atoms with Crippen LogP contribution in [0.1, 0.15) is 11.7 Å². The minimum atomic E-state index is -2.14. The number of carboxylic acid groups (broad SMARTS) is 1. The molecule has 0 bridgehead atoms. The second-order valence-corrected chi connectivity index (χ2v) is 3.74. The van der Waals surface area contributed by atoms with Crippen molar-refractivity contribution < 1.29 is 24.3 Å². The van der Waals surface area contributed by atoms with Gasteiger partial charge in [0, 0.05) is 16.1 Å². The van der Waals surface area contributed by atoms with Crippen molar-refractivity contribution >= 4 is 27.6 Å². The van der Waals surface area contributed by atoms with E-state index in [1.54, 1.807) is 0 Å². The summed E-state index contributed by atoms with van der Waals surface area (Å²) in [5, 5.41) is 28.0. The molecule has 0 aliphatic rings. The summed E-state index contributed by atoms with van der Waals surface area (Å²) >= 11 is 2.86. The highest BCUT2D eigenvalue weighted by Gasteiger charge is 2.27. The molecule has 0 heterocycles. The van der Waals surface area contributed by atoms with Crippen LogP contribution in [0.3, 0.4) is 0 Å². The van der Waals surface area contributed by atoms with Crippen molar-refractivity contribution in [1.82, 2.24) is 0 Å². The predicted octanol–water partition coefficient (Wildman–Crippen LogP) is 1.61. The lowest BCUT2D eigenvalue weighted by atomic mass is 10.1. The zero-order valence-electron chi connectivity index (χ0n) is 7.55. The van der Waals surface area contributed by atoms with E-state index < -0.39 is 34.1 Å². The Bertz CT molecular complexity index is 464. The van der Waals surface area contributed by atoms with E-state index >= 15 is 0 Å². The molecule has 16 heavy (non-hydrogen) atoms. The van der Waals surface area contributed by atoms with Gasteiger partial charge in [0.15, 0.2) is 6.10 Å². The SMILES string of the molecule is O=C(O)C(O)c1cc(Br)cc([N+](=O)[O-])c1F. The van der Waals surface area contributed by atoms with Crippen molar-refractivity contribution in [2.24, 2.45) is 0 Å². The first-order valence-electron chi connectivity index (χ1n) is 3.88. The number of aliphatic carboxylic acids is 1. The lowest BCUT2D eigenvalue weighted by Gasteiger charge is -2.07. The molecule has 1 rings (SSSR count). The average molecular weight is 294 g/mol. The standard InChI is InChI=1S/C8H5BrFNO5/c9-3-1-4(7(12)8(13)14)6(10)5(2-3)11(15)16/h1-2,7,12H,(H,13,14). The number of nitro groups is 1. The van der Waals surface area contributed by atoms with E-state index in [2.05, 4.69) is 15.9 Å². The highest BCUT2D eigenvalue weighted by molar-refractivity contribution is 9.10. The molecular weight excluding hydrogens is 289 g/mol. The summed E-state index contributed by atoms with van der Waals surface area (Å²) < 4.78 is 13.5. The van der Waals surface area contributed by atoms with E-state index in [4.69, 9.17) is 10.2 Å². The quantitative estimate of drug-likeness (QED) is 0.651. The fourth-order valence-corrected chi connectivity index (χ4v) is 1.52. The smallest absolute Gasteiger partial charge is 0.337 e. The van der Waals surface area contributed by atoms with Crippen LogP contribution in [-0.4, -0.2) is 21.1 Å². The van der Waals surface area contributed by atoms with Crippen LogP contribution in [0, 0.1) is 15.9 Å². The van der Waals surface area contributed by atoms with Gasteiger partial charge in [-0.3, -0.25) is 10.1 Å². The Hall–Kier alpha value is -1.54. The topological polar surface area (TPSA) is 101 Å². The van der Waals surface area contributed by atoms with Gasteiger partial charge in [-0.2, -0.15) is 4.39 Å². The summed E-state index contributed by atoms with van der Waals surface area (Å²) in [5.74, 6) is -3.05. The Labute approximate surface area is 96.6 Å². The van der Waals surface area contributed by atoms with Crippen LogP contribution in [0.2, 0.25) is 0 Å². The molecule has 2 N–H and O–H groups in total. The number of nitrogens with zero attached hydrogens (tertiary/aromatic N) is 1. The zero-order chi connectivity index (χ0) is 12.5. The first-order chi connectivity index (χ1) is 7.34. The van der Waals surface area contributed by atoms with E-state index in [0.717, 1.165) is 12.1 Å². The van der Waals surface area contributed by atoms with E-state index in [-0.39, 0.29) is 4.47 Å². The highest BCUT2D eigenvalue weighted by atomic mass is 79.9. The average Bonchev–Trinajstić information content (AvgIpc) is 2.19. The molecule has 6 nitrogen and oxygen atoms in total. The number of nitro benzene ring substituents is 1. The largest absolute Gasteiger partial charge is 0.479 e. The Morgan fingerprint density at radius 3 is 2.56 bits per heavy atom. The number of carboxylic acids is 1. The van der Waals surface area contributed by atoms with Crippen molar-refractivity contribution in [3.8, 4) is 0 Å². The molecule has 1 unspecified atom stereocenters. The maximum Gasteiger partial charge on any atom is 0.337 e. The van der Waals surface area contributed by atoms with Gasteiger partial charge in [-0.25, -0.2) is 4.79 Å². The van der Waals surface area contributed by atoms with Crippen LogP contribution in [0.15, 0.2) is 16.6 Å². The van der Waals surface area contributed by atoms with Gasteiger partial charge in [0.05, 0.1) is 4.92 Å².